The fraction of sp³-hybridized carbons (Fsp3) is 0.190. The molecule has 0 saturated carbocycles. The predicted molar refractivity (Wildman–Crippen MR) is 97.6 cm³/mol. The zero-order valence-corrected chi connectivity index (χ0v) is 15.0. The second-order valence-corrected chi connectivity index (χ2v) is 6.49. The van der Waals surface area contributed by atoms with Crippen molar-refractivity contribution in [2.75, 3.05) is 6.54 Å². The number of phenolic OH excluding ortho intramolecular Hbond substituents is 1. The molecular weight excluding hydrogens is 346 g/mol. The summed E-state index contributed by atoms with van der Waals surface area (Å²) < 4.78 is 0. The number of carboxylic acid groups (broad SMARTS) is 1. The minimum Gasteiger partial charge on any atom is -0.550 e. The van der Waals surface area contributed by atoms with Crippen LogP contribution in [0.1, 0.15) is 39.0 Å². The topological polar surface area (TPSA) is 97.7 Å². The number of aliphatic carboxylic acids is 1. The predicted octanol–water partition coefficient (Wildman–Crippen LogP) is 1.67. The average molecular weight is 364 g/mol. The summed E-state index contributed by atoms with van der Waals surface area (Å²) in [7, 11) is 0. The number of nitrogens with zero attached hydrogens (tertiary/aromatic N) is 1. The van der Waals surface area contributed by atoms with Gasteiger partial charge in [0.25, 0.3) is 11.8 Å². The Labute approximate surface area is 156 Å². The van der Waals surface area contributed by atoms with Crippen LogP contribution in [0, 0.1) is 13.8 Å². The zero-order valence-electron chi connectivity index (χ0n) is 15.0. The number of carbonyl (C=O) groups is 3. The summed E-state index contributed by atoms with van der Waals surface area (Å²) in [5, 5.41) is 20.7. The Hall–Kier alpha value is -3.41. The fourth-order valence-corrected chi connectivity index (χ4v) is 3.19. The van der Waals surface area contributed by atoms with Crippen LogP contribution in [0.2, 0.25) is 0 Å². The third-order valence-corrected chi connectivity index (χ3v) is 4.53. The van der Waals surface area contributed by atoms with E-state index in [9.17, 15) is 24.6 Å². The van der Waals surface area contributed by atoms with Crippen LogP contribution in [0.25, 0.3) is 11.6 Å². The van der Waals surface area contributed by atoms with Crippen LogP contribution in [0.3, 0.4) is 0 Å². The summed E-state index contributed by atoms with van der Waals surface area (Å²) in [6, 6.07) is 10.2. The summed E-state index contributed by atoms with van der Waals surface area (Å²) >= 11 is 0. The Bertz CT molecular complexity index is 967. The molecule has 0 spiro atoms. The van der Waals surface area contributed by atoms with Gasteiger partial charge < -0.3 is 15.0 Å². The van der Waals surface area contributed by atoms with E-state index in [0.29, 0.717) is 33.4 Å². The van der Waals surface area contributed by atoms with Crippen molar-refractivity contribution < 1.29 is 24.6 Å². The molecule has 27 heavy (non-hydrogen) atoms. The largest absolute Gasteiger partial charge is 0.550 e. The maximum absolute atomic E-state index is 12.9. The number of phenols is 1. The molecule has 3 rings (SSSR count). The lowest BCUT2D eigenvalue weighted by Crippen LogP contribution is -2.43. The molecule has 2 amide bonds. The summed E-state index contributed by atoms with van der Waals surface area (Å²) in [4.78, 5) is 37.3. The molecule has 0 saturated heterocycles. The van der Waals surface area contributed by atoms with Gasteiger partial charge in [-0.15, -0.1) is 0 Å². The smallest absolute Gasteiger partial charge is 0.261 e. The number of fused-ring (bicyclic) bond motifs is 1. The highest BCUT2D eigenvalue weighted by atomic mass is 16.4. The van der Waals surface area contributed by atoms with Gasteiger partial charge >= 0.3 is 0 Å². The van der Waals surface area contributed by atoms with Crippen LogP contribution in [0.4, 0.5) is 0 Å². The monoisotopic (exact) mass is 364 g/mol. The first-order chi connectivity index (χ1) is 12.8. The molecule has 1 aliphatic rings. The lowest BCUT2D eigenvalue weighted by Gasteiger charge is -2.28. The van der Waals surface area contributed by atoms with Gasteiger partial charge in [-0.05, 0) is 60.4 Å². The van der Waals surface area contributed by atoms with Gasteiger partial charge in [-0.2, -0.15) is 0 Å². The molecule has 6 nitrogen and oxygen atoms in total. The van der Waals surface area contributed by atoms with Gasteiger partial charge in [0.2, 0.25) is 0 Å². The maximum Gasteiger partial charge on any atom is 0.261 e. The van der Waals surface area contributed by atoms with Crippen LogP contribution in [0.15, 0.2) is 36.4 Å². The van der Waals surface area contributed by atoms with Crippen LogP contribution in [-0.2, 0) is 9.59 Å². The molecule has 0 aliphatic carbocycles. The molecule has 0 bridgehead atoms. The molecule has 0 fully saturated rings. The second kappa shape index (κ2) is 7.07. The SMILES string of the molecule is Cc1cc(/C=C2\C(=O)N(CCC(=O)[O-])C(=O)c3ccccc32)cc(C)c1O. The van der Waals surface area contributed by atoms with Crippen molar-refractivity contribution in [2.45, 2.75) is 20.3 Å². The van der Waals surface area contributed by atoms with E-state index in [1.54, 1.807) is 56.3 Å². The lowest BCUT2D eigenvalue weighted by atomic mass is 9.91. The van der Waals surface area contributed by atoms with Crippen molar-refractivity contribution in [1.82, 2.24) is 4.90 Å². The molecule has 1 aliphatic heterocycles. The molecule has 2 aromatic rings. The highest BCUT2D eigenvalue weighted by molar-refractivity contribution is 6.33. The minimum absolute atomic E-state index is 0.193. The van der Waals surface area contributed by atoms with E-state index >= 15 is 0 Å². The summed E-state index contributed by atoms with van der Waals surface area (Å²) in [5.74, 6) is -2.21. The van der Waals surface area contributed by atoms with E-state index < -0.39 is 24.2 Å². The minimum atomic E-state index is -1.33. The van der Waals surface area contributed by atoms with E-state index in [2.05, 4.69) is 0 Å². The van der Waals surface area contributed by atoms with Crippen LogP contribution < -0.4 is 5.11 Å². The van der Waals surface area contributed by atoms with Gasteiger partial charge in [0.15, 0.2) is 0 Å². The number of carboxylic acids is 1. The molecule has 0 aromatic heterocycles. The maximum atomic E-state index is 12.9. The second-order valence-electron chi connectivity index (χ2n) is 6.49. The van der Waals surface area contributed by atoms with Crippen molar-refractivity contribution in [2.24, 2.45) is 0 Å². The molecule has 1 N–H and O–H groups in total. The number of carbonyl (C=O) groups excluding carboxylic acids is 3. The summed E-state index contributed by atoms with van der Waals surface area (Å²) in [5.41, 5.74) is 3.18. The Morgan fingerprint density at radius 1 is 1.07 bits per heavy atom. The normalized spacial score (nSPS) is 15.2. The lowest BCUT2D eigenvalue weighted by molar-refractivity contribution is -0.305. The van der Waals surface area contributed by atoms with E-state index in [4.69, 9.17) is 0 Å². The Kier molecular flexibility index (Phi) is 4.81. The van der Waals surface area contributed by atoms with Crippen molar-refractivity contribution >= 4 is 29.4 Å². The summed E-state index contributed by atoms with van der Waals surface area (Å²) in [6.45, 7) is 3.27. The molecular formula is C21H18NO5-. The van der Waals surface area contributed by atoms with Gasteiger partial charge in [0.05, 0.1) is 0 Å². The molecule has 6 heteroatoms. The van der Waals surface area contributed by atoms with Crippen LogP contribution in [0.5, 0.6) is 5.75 Å². The molecule has 1 heterocycles. The Morgan fingerprint density at radius 3 is 2.26 bits per heavy atom. The number of imide groups is 1. The first kappa shape index (κ1) is 18.4. The number of hydrogen-bond donors (Lipinski definition) is 1. The van der Waals surface area contributed by atoms with Gasteiger partial charge in [-0.25, -0.2) is 0 Å². The van der Waals surface area contributed by atoms with Crippen LogP contribution >= 0.6 is 0 Å². The van der Waals surface area contributed by atoms with E-state index in [1.165, 1.54) is 0 Å². The van der Waals surface area contributed by atoms with Gasteiger partial charge in [0, 0.05) is 30.1 Å². The van der Waals surface area contributed by atoms with Crippen LogP contribution in [-0.4, -0.2) is 34.3 Å². The van der Waals surface area contributed by atoms with Gasteiger partial charge in [-0.3, -0.25) is 14.5 Å². The van der Waals surface area contributed by atoms with E-state index in [1.807, 2.05) is 0 Å². The molecule has 0 unspecified atom stereocenters. The first-order valence-electron chi connectivity index (χ1n) is 8.47. The van der Waals surface area contributed by atoms with Gasteiger partial charge in [-0.1, -0.05) is 18.2 Å². The van der Waals surface area contributed by atoms with Crippen molar-refractivity contribution in [3.05, 3.63) is 64.2 Å². The highest BCUT2D eigenvalue weighted by Gasteiger charge is 2.34. The van der Waals surface area contributed by atoms with Crippen molar-refractivity contribution in [3.63, 3.8) is 0 Å². The molecule has 0 atom stereocenters. The van der Waals surface area contributed by atoms with E-state index in [0.717, 1.165) is 4.90 Å². The van der Waals surface area contributed by atoms with Gasteiger partial charge in [0.1, 0.15) is 5.75 Å². The molecule has 0 radical (unpaired) electrons. The fourth-order valence-electron chi connectivity index (χ4n) is 3.19. The number of amides is 2. The summed E-state index contributed by atoms with van der Waals surface area (Å²) in [6.07, 6.45) is 1.23. The Morgan fingerprint density at radius 2 is 1.67 bits per heavy atom. The Balaban J connectivity index is 2.12. The molecule has 138 valence electrons. The third kappa shape index (κ3) is 3.46. The number of benzene rings is 2. The average Bonchev–Trinajstić information content (AvgIpc) is 2.62. The number of hydrogen-bond acceptors (Lipinski definition) is 5. The third-order valence-electron chi connectivity index (χ3n) is 4.53. The number of aromatic hydroxyl groups is 1. The standard InChI is InChI=1S/C21H19NO5/c1-12-9-14(10-13(2)19(12)25)11-17-15-5-3-4-6-16(15)20(26)22(21(17)27)8-7-18(23)24/h3-6,9-11,25H,7-8H2,1-2H3,(H,23,24)/p-1/b17-11-. The van der Waals surface area contributed by atoms with Crippen molar-refractivity contribution in [1.29, 1.82) is 0 Å². The number of aryl methyl sites for hydroxylation is 2. The first-order valence-corrected chi connectivity index (χ1v) is 8.47. The zero-order chi connectivity index (χ0) is 19.7. The highest BCUT2D eigenvalue weighted by Crippen LogP contribution is 2.32. The van der Waals surface area contributed by atoms with Crippen molar-refractivity contribution in [3.8, 4) is 5.75 Å². The quantitative estimate of drug-likeness (QED) is 0.657. The van der Waals surface area contributed by atoms with E-state index in [-0.39, 0.29) is 12.3 Å². The molecule has 2 aromatic carbocycles. The number of rotatable bonds is 4.